The highest BCUT2D eigenvalue weighted by molar-refractivity contribution is 5.47. The Morgan fingerprint density at radius 1 is 0.958 bits per heavy atom. The molecule has 0 saturated carbocycles. The fourth-order valence-corrected chi connectivity index (χ4v) is 3.22. The first-order valence-electron chi connectivity index (χ1n) is 8.27. The Hall–Kier alpha value is -2.76. The summed E-state index contributed by atoms with van der Waals surface area (Å²) in [6.45, 7) is 2.01. The Kier molecular flexibility index (Phi) is 3.94. The molecular formula is C18H20N6. The van der Waals surface area contributed by atoms with Crippen LogP contribution < -0.4 is 4.90 Å². The van der Waals surface area contributed by atoms with Crippen molar-refractivity contribution < 1.29 is 0 Å². The van der Waals surface area contributed by atoms with Crippen LogP contribution in [0.1, 0.15) is 24.5 Å². The van der Waals surface area contributed by atoms with Gasteiger partial charge in [-0.1, -0.05) is 6.07 Å². The molecule has 6 heteroatoms. The SMILES string of the molecule is Cn1ccnc1-c1cnc(C2CCN(c3ccccn3)CC2)cn1. The Bertz CT molecular complexity index is 788. The number of aryl methyl sites for hydroxylation is 1. The second-order valence-electron chi connectivity index (χ2n) is 6.14. The summed E-state index contributed by atoms with van der Waals surface area (Å²) in [6, 6.07) is 6.06. The predicted molar refractivity (Wildman–Crippen MR) is 92.7 cm³/mol. The van der Waals surface area contributed by atoms with Gasteiger partial charge in [-0.15, -0.1) is 0 Å². The Labute approximate surface area is 141 Å². The van der Waals surface area contributed by atoms with Crippen molar-refractivity contribution in [2.45, 2.75) is 18.8 Å². The van der Waals surface area contributed by atoms with E-state index in [2.05, 4.69) is 30.9 Å². The van der Waals surface area contributed by atoms with E-state index in [0.29, 0.717) is 5.92 Å². The van der Waals surface area contributed by atoms with E-state index in [1.54, 1.807) is 6.20 Å². The van der Waals surface area contributed by atoms with Crippen molar-refractivity contribution >= 4 is 5.82 Å². The van der Waals surface area contributed by atoms with Gasteiger partial charge in [-0.2, -0.15) is 0 Å². The minimum Gasteiger partial charge on any atom is -0.357 e. The van der Waals surface area contributed by atoms with Crippen LogP contribution in [0.5, 0.6) is 0 Å². The quantitative estimate of drug-likeness (QED) is 0.742. The molecule has 3 aromatic heterocycles. The van der Waals surface area contributed by atoms with Gasteiger partial charge in [0.25, 0.3) is 0 Å². The van der Waals surface area contributed by atoms with Gasteiger partial charge in [0.05, 0.1) is 11.9 Å². The molecule has 0 N–H and O–H groups in total. The predicted octanol–water partition coefficient (Wildman–Crippen LogP) is 2.66. The molecule has 0 spiro atoms. The van der Waals surface area contributed by atoms with Crippen LogP contribution in [-0.2, 0) is 7.05 Å². The van der Waals surface area contributed by atoms with Crippen LogP contribution in [-0.4, -0.2) is 37.6 Å². The Balaban J connectivity index is 1.43. The van der Waals surface area contributed by atoms with Crippen LogP contribution in [0.25, 0.3) is 11.5 Å². The van der Waals surface area contributed by atoms with Crippen molar-refractivity contribution in [1.82, 2.24) is 24.5 Å². The molecule has 3 aromatic rings. The molecule has 4 heterocycles. The standard InChI is InChI=1S/C18H20N6/c1-23-11-8-20-18(23)16-13-21-15(12-22-16)14-5-9-24(10-6-14)17-4-2-3-7-19-17/h2-4,7-8,11-14H,5-6,9-10H2,1H3. The lowest BCUT2D eigenvalue weighted by Crippen LogP contribution is -2.33. The lowest BCUT2D eigenvalue weighted by atomic mass is 9.94. The number of hydrogen-bond donors (Lipinski definition) is 0. The highest BCUT2D eigenvalue weighted by Gasteiger charge is 2.22. The van der Waals surface area contributed by atoms with Crippen LogP contribution in [0.15, 0.2) is 49.2 Å². The molecule has 4 rings (SSSR count). The third-order valence-corrected chi connectivity index (χ3v) is 4.61. The van der Waals surface area contributed by atoms with Gasteiger partial charge >= 0.3 is 0 Å². The number of pyridine rings is 1. The largest absolute Gasteiger partial charge is 0.357 e. The van der Waals surface area contributed by atoms with Crippen molar-refractivity contribution in [3.63, 3.8) is 0 Å². The zero-order valence-corrected chi connectivity index (χ0v) is 13.7. The summed E-state index contributed by atoms with van der Waals surface area (Å²) in [5, 5.41) is 0. The van der Waals surface area contributed by atoms with Gasteiger partial charge in [0.2, 0.25) is 0 Å². The van der Waals surface area contributed by atoms with Crippen molar-refractivity contribution in [3.8, 4) is 11.5 Å². The van der Waals surface area contributed by atoms with Gasteiger partial charge in [-0.3, -0.25) is 4.98 Å². The first-order chi connectivity index (χ1) is 11.8. The maximum atomic E-state index is 4.65. The van der Waals surface area contributed by atoms with Crippen molar-refractivity contribution in [3.05, 3.63) is 54.9 Å². The molecule has 0 bridgehead atoms. The number of rotatable bonds is 3. The molecule has 24 heavy (non-hydrogen) atoms. The van der Waals surface area contributed by atoms with Crippen LogP contribution in [0, 0.1) is 0 Å². The van der Waals surface area contributed by atoms with Crippen molar-refractivity contribution in [2.75, 3.05) is 18.0 Å². The molecule has 0 radical (unpaired) electrons. The van der Waals surface area contributed by atoms with E-state index in [-0.39, 0.29) is 0 Å². The minimum atomic E-state index is 0.466. The van der Waals surface area contributed by atoms with E-state index < -0.39 is 0 Å². The number of piperidine rings is 1. The molecule has 1 aliphatic heterocycles. The molecule has 0 aromatic carbocycles. The minimum absolute atomic E-state index is 0.466. The molecule has 6 nitrogen and oxygen atoms in total. The summed E-state index contributed by atoms with van der Waals surface area (Å²) in [5.41, 5.74) is 1.89. The molecular weight excluding hydrogens is 300 g/mol. The van der Waals surface area contributed by atoms with Gasteiger partial charge < -0.3 is 9.47 Å². The fraction of sp³-hybridized carbons (Fsp3) is 0.333. The molecule has 0 aliphatic carbocycles. The first-order valence-corrected chi connectivity index (χ1v) is 8.27. The second-order valence-corrected chi connectivity index (χ2v) is 6.14. The molecule has 1 aliphatic rings. The normalized spacial score (nSPS) is 15.6. The topological polar surface area (TPSA) is 59.7 Å². The lowest BCUT2D eigenvalue weighted by Gasteiger charge is -2.32. The summed E-state index contributed by atoms with van der Waals surface area (Å²) < 4.78 is 1.95. The zero-order valence-electron chi connectivity index (χ0n) is 13.7. The molecule has 0 amide bonds. The molecule has 122 valence electrons. The van der Waals surface area contributed by atoms with E-state index in [0.717, 1.165) is 49.0 Å². The average Bonchev–Trinajstić information content (AvgIpc) is 3.09. The van der Waals surface area contributed by atoms with Gasteiger partial charge in [0.15, 0.2) is 5.82 Å². The van der Waals surface area contributed by atoms with E-state index in [9.17, 15) is 0 Å². The monoisotopic (exact) mass is 320 g/mol. The third kappa shape index (κ3) is 2.87. The lowest BCUT2D eigenvalue weighted by molar-refractivity contribution is 0.492. The molecule has 0 atom stereocenters. The number of hydrogen-bond acceptors (Lipinski definition) is 5. The summed E-state index contributed by atoms with van der Waals surface area (Å²) in [6.07, 6.45) is 11.4. The number of imidazole rings is 1. The first kappa shape index (κ1) is 14.8. The Morgan fingerprint density at radius 2 is 1.83 bits per heavy atom. The van der Waals surface area contributed by atoms with Gasteiger partial charge in [-0.05, 0) is 25.0 Å². The number of nitrogens with zero attached hydrogens (tertiary/aromatic N) is 6. The highest BCUT2D eigenvalue weighted by atomic mass is 15.2. The summed E-state index contributed by atoms with van der Waals surface area (Å²) in [5.74, 6) is 2.37. The van der Waals surface area contributed by atoms with Gasteiger partial charge in [0.1, 0.15) is 11.5 Å². The third-order valence-electron chi connectivity index (χ3n) is 4.61. The summed E-state index contributed by atoms with van der Waals surface area (Å²) in [7, 11) is 1.96. The van der Waals surface area contributed by atoms with Crippen LogP contribution in [0.4, 0.5) is 5.82 Å². The molecule has 1 saturated heterocycles. The molecule has 0 unspecified atom stereocenters. The van der Waals surface area contributed by atoms with E-state index in [1.165, 1.54) is 0 Å². The zero-order chi connectivity index (χ0) is 16.4. The van der Waals surface area contributed by atoms with Crippen molar-refractivity contribution in [1.29, 1.82) is 0 Å². The number of aromatic nitrogens is 5. The average molecular weight is 320 g/mol. The van der Waals surface area contributed by atoms with E-state index in [4.69, 9.17) is 0 Å². The summed E-state index contributed by atoms with van der Waals surface area (Å²) >= 11 is 0. The molecule has 1 fully saturated rings. The maximum absolute atomic E-state index is 4.65. The van der Waals surface area contributed by atoms with Gasteiger partial charge in [0, 0.05) is 50.8 Å². The van der Waals surface area contributed by atoms with Gasteiger partial charge in [-0.25, -0.2) is 15.0 Å². The highest BCUT2D eigenvalue weighted by Crippen LogP contribution is 2.28. The fourth-order valence-electron chi connectivity index (χ4n) is 3.22. The Morgan fingerprint density at radius 3 is 2.46 bits per heavy atom. The van der Waals surface area contributed by atoms with Crippen LogP contribution >= 0.6 is 0 Å². The maximum Gasteiger partial charge on any atom is 0.159 e. The second kappa shape index (κ2) is 6.39. The van der Waals surface area contributed by atoms with Crippen molar-refractivity contribution in [2.24, 2.45) is 7.05 Å². The number of anilines is 1. The van der Waals surface area contributed by atoms with E-state index in [1.807, 2.05) is 48.5 Å². The van der Waals surface area contributed by atoms with Crippen LogP contribution in [0.2, 0.25) is 0 Å². The smallest absolute Gasteiger partial charge is 0.159 e. The summed E-state index contributed by atoms with van der Waals surface area (Å²) in [4.78, 5) is 20.3. The van der Waals surface area contributed by atoms with E-state index >= 15 is 0 Å². The van der Waals surface area contributed by atoms with Crippen LogP contribution in [0.3, 0.4) is 0 Å².